The summed E-state index contributed by atoms with van der Waals surface area (Å²) >= 11 is 0. The zero-order valence-electron chi connectivity index (χ0n) is 26.2. The van der Waals surface area contributed by atoms with Crippen molar-refractivity contribution < 1.29 is 19.1 Å². The molecule has 7 nitrogen and oxygen atoms in total. The third-order valence-electron chi connectivity index (χ3n) is 7.65. The van der Waals surface area contributed by atoms with Gasteiger partial charge in [-0.2, -0.15) is 0 Å². The number of hydrogen-bond acceptors (Lipinski definition) is 4. The van der Waals surface area contributed by atoms with Crippen LogP contribution in [-0.2, 0) is 14.3 Å². The van der Waals surface area contributed by atoms with Gasteiger partial charge in [-0.1, -0.05) is 74.9 Å². The van der Waals surface area contributed by atoms with Crippen LogP contribution in [0.2, 0.25) is 0 Å². The molecule has 224 valence electrons. The first-order valence-corrected chi connectivity index (χ1v) is 14.9. The van der Waals surface area contributed by atoms with Crippen LogP contribution in [0.1, 0.15) is 77.1 Å². The highest BCUT2D eigenvalue weighted by Gasteiger charge is 2.48. The Morgan fingerprint density at radius 2 is 1.64 bits per heavy atom. The van der Waals surface area contributed by atoms with Crippen LogP contribution in [0.25, 0.3) is 10.8 Å². The summed E-state index contributed by atoms with van der Waals surface area (Å²) in [5, 5.41) is 8.05. The maximum atomic E-state index is 14.5. The molecule has 3 aromatic rings. The number of rotatable bonds is 9. The lowest BCUT2D eigenvalue weighted by Gasteiger charge is -2.36. The number of anilines is 1. The summed E-state index contributed by atoms with van der Waals surface area (Å²) in [6, 6.07) is 17.9. The first-order chi connectivity index (χ1) is 19.7. The Labute approximate surface area is 250 Å². The number of nitrogens with one attached hydrogen (secondary N) is 2. The number of nitrogens with zero attached hydrogens (tertiary/aromatic N) is 1. The van der Waals surface area contributed by atoms with Gasteiger partial charge in [0.1, 0.15) is 17.7 Å². The van der Waals surface area contributed by atoms with Crippen molar-refractivity contribution in [3.8, 4) is 0 Å². The lowest BCUT2D eigenvalue weighted by Crippen LogP contribution is -2.53. The van der Waals surface area contributed by atoms with Crippen LogP contribution < -0.4 is 10.6 Å². The maximum absolute atomic E-state index is 14.5. The fourth-order valence-electron chi connectivity index (χ4n) is 5.44. The molecule has 0 heterocycles. The van der Waals surface area contributed by atoms with E-state index in [-0.39, 0.29) is 29.7 Å². The molecule has 1 aliphatic rings. The van der Waals surface area contributed by atoms with Gasteiger partial charge in [0.05, 0.1) is 0 Å². The molecule has 1 fully saturated rings. The number of benzene rings is 3. The van der Waals surface area contributed by atoms with Gasteiger partial charge in [0.2, 0.25) is 5.91 Å². The summed E-state index contributed by atoms with van der Waals surface area (Å²) < 4.78 is 5.52. The minimum atomic E-state index is -0.881. The van der Waals surface area contributed by atoms with Gasteiger partial charge in [-0.15, -0.1) is 0 Å². The quantitative estimate of drug-likeness (QED) is 0.282. The highest BCUT2D eigenvalue weighted by molar-refractivity contribution is 6.00. The minimum absolute atomic E-state index is 0.123. The second-order valence-corrected chi connectivity index (χ2v) is 13.2. The van der Waals surface area contributed by atoms with Crippen LogP contribution in [0.15, 0.2) is 60.7 Å². The Bertz CT molecular complexity index is 1460. The molecular formula is C35H45N3O4. The predicted molar refractivity (Wildman–Crippen MR) is 168 cm³/mol. The molecule has 0 bridgehead atoms. The first-order valence-electron chi connectivity index (χ1n) is 14.9. The van der Waals surface area contributed by atoms with Crippen molar-refractivity contribution in [2.24, 2.45) is 11.8 Å². The molecule has 0 aliphatic heterocycles. The normalized spacial score (nSPS) is 17.8. The number of amides is 3. The van der Waals surface area contributed by atoms with E-state index in [9.17, 15) is 14.4 Å². The SMILES string of the molecule is Cc1ccc(C)c(C(C(=O)Nc2ccc3ccccc3c2)N(C(=O)C(CC(C)C)NC(=O)OC(C)(C)C)C2CC2C)c1. The van der Waals surface area contributed by atoms with Gasteiger partial charge in [-0.05, 0) is 93.3 Å². The van der Waals surface area contributed by atoms with Gasteiger partial charge in [0, 0.05) is 11.7 Å². The average molecular weight is 572 g/mol. The monoisotopic (exact) mass is 571 g/mol. The van der Waals surface area contributed by atoms with Crippen molar-refractivity contribution >= 4 is 34.4 Å². The smallest absolute Gasteiger partial charge is 0.408 e. The molecule has 1 saturated carbocycles. The van der Waals surface area contributed by atoms with E-state index >= 15 is 0 Å². The van der Waals surface area contributed by atoms with Crippen LogP contribution in [0.3, 0.4) is 0 Å². The Hall–Kier alpha value is -3.87. The van der Waals surface area contributed by atoms with Crippen molar-refractivity contribution in [2.45, 2.75) is 92.0 Å². The van der Waals surface area contributed by atoms with Crippen molar-refractivity contribution in [3.63, 3.8) is 0 Å². The molecule has 4 atom stereocenters. The van der Waals surface area contributed by atoms with E-state index in [0.29, 0.717) is 12.1 Å². The molecule has 0 aromatic heterocycles. The second-order valence-electron chi connectivity index (χ2n) is 13.2. The number of ether oxygens (including phenoxy) is 1. The highest BCUT2D eigenvalue weighted by Crippen LogP contribution is 2.42. The summed E-state index contributed by atoms with van der Waals surface area (Å²) in [4.78, 5) is 43.5. The van der Waals surface area contributed by atoms with E-state index in [4.69, 9.17) is 4.74 Å². The summed E-state index contributed by atoms with van der Waals surface area (Å²) in [6.07, 6.45) is 0.563. The van der Waals surface area contributed by atoms with Crippen LogP contribution in [0.4, 0.5) is 10.5 Å². The van der Waals surface area contributed by atoms with E-state index in [2.05, 4.69) is 17.6 Å². The van der Waals surface area contributed by atoms with Gasteiger partial charge >= 0.3 is 6.09 Å². The summed E-state index contributed by atoms with van der Waals surface area (Å²) in [5.41, 5.74) is 2.66. The van der Waals surface area contributed by atoms with Crippen molar-refractivity contribution in [2.75, 3.05) is 5.32 Å². The average Bonchev–Trinajstić information content (AvgIpc) is 3.62. The molecule has 0 saturated heterocycles. The van der Waals surface area contributed by atoms with Crippen LogP contribution in [0.5, 0.6) is 0 Å². The third-order valence-corrected chi connectivity index (χ3v) is 7.65. The van der Waals surface area contributed by atoms with E-state index < -0.39 is 23.8 Å². The number of alkyl carbamates (subject to hydrolysis) is 1. The molecule has 1 aliphatic carbocycles. The third kappa shape index (κ3) is 7.69. The molecule has 3 aromatic carbocycles. The van der Waals surface area contributed by atoms with E-state index in [1.165, 1.54) is 0 Å². The minimum Gasteiger partial charge on any atom is -0.444 e. The largest absolute Gasteiger partial charge is 0.444 e. The topological polar surface area (TPSA) is 87.7 Å². The van der Waals surface area contributed by atoms with Crippen molar-refractivity contribution in [1.29, 1.82) is 0 Å². The summed E-state index contributed by atoms with van der Waals surface area (Å²) in [6.45, 7) is 15.4. The van der Waals surface area contributed by atoms with E-state index in [1.807, 2.05) is 88.4 Å². The number of aryl methyl sites for hydroxylation is 2. The predicted octanol–water partition coefficient (Wildman–Crippen LogP) is 7.31. The standard InChI is InChI=1S/C35H45N3O4/c1-21(2)17-29(37-34(41)42-35(6,7)8)33(40)38(30-19-24(30)5)31(28-18-22(3)13-14-23(28)4)32(39)36-27-16-15-25-11-9-10-12-26(25)20-27/h9-16,18,20-21,24,29-31H,17,19H2,1-8H3,(H,36,39)(H,37,41). The molecule has 0 radical (unpaired) electrons. The molecule has 0 spiro atoms. The van der Waals surface area contributed by atoms with E-state index in [1.54, 1.807) is 25.7 Å². The molecule has 3 amide bonds. The maximum Gasteiger partial charge on any atom is 0.408 e. The van der Waals surface area contributed by atoms with Crippen LogP contribution >= 0.6 is 0 Å². The summed E-state index contributed by atoms with van der Waals surface area (Å²) in [7, 11) is 0. The zero-order valence-corrected chi connectivity index (χ0v) is 26.2. The van der Waals surface area contributed by atoms with Gasteiger partial charge in [0.15, 0.2) is 0 Å². The molecule has 42 heavy (non-hydrogen) atoms. The molecule has 4 unspecified atom stereocenters. The molecular weight excluding hydrogens is 526 g/mol. The zero-order chi connectivity index (χ0) is 30.8. The fourth-order valence-corrected chi connectivity index (χ4v) is 5.44. The Kier molecular flexibility index (Phi) is 9.29. The molecule has 2 N–H and O–H groups in total. The van der Waals surface area contributed by atoms with Crippen molar-refractivity contribution in [3.05, 3.63) is 77.4 Å². The van der Waals surface area contributed by atoms with Gasteiger partial charge in [0.25, 0.3) is 5.91 Å². The summed E-state index contributed by atoms with van der Waals surface area (Å²) in [5.74, 6) is -0.204. The van der Waals surface area contributed by atoms with Crippen molar-refractivity contribution in [1.82, 2.24) is 10.2 Å². The van der Waals surface area contributed by atoms with Gasteiger partial charge in [-0.3, -0.25) is 9.59 Å². The number of carbonyl (C=O) groups is 3. The molecule has 4 rings (SSSR count). The van der Waals surface area contributed by atoms with Gasteiger partial charge in [-0.25, -0.2) is 4.79 Å². The number of carbonyl (C=O) groups excluding carboxylic acids is 3. The number of fused-ring (bicyclic) bond motifs is 1. The number of hydrogen-bond donors (Lipinski definition) is 2. The van der Waals surface area contributed by atoms with Crippen LogP contribution in [-0.4, -0.2) is 40.5 Å². The first kappa shape index (κ1) is 31.1. The Balaban J connectivity index is 1.75. The highest BCUT2D eigenvalue weighted by atomic mass is 16.6. The lowest BCUT2D eigenvalue weighted by atomic mass is 9.94. The Morgan fingerprint density at radius 1 is 0.976 bits per heavy atom. The second kappa shape index (κ2) is 12.6. The van der Waals surface area contributed by atoms with Gasteiger partial charge < -0.3 is 20.3 Å². The lowest BCUT2D eigenvalue weighted by molar-refractivity contribution is -0.142. The van der Waals surface area contributed by atoms with Crippen LogP contribution in [0, 0.1) is 25.7 Å². The molecule has 7 heteroatoms. The Morgan fingerprint density at radius 3 is 2.26 bits per heavy atom. The fraction of sp³-hybridized carbons (Fsp3) is 0.457. The van der Waals surface area contributed by atoms with E-state index in [0.717, 1.165) is 33.9 Å².